The molecule has 1 fully saturated rings. The molecule has 1 aliphatic heterocycles. The number of benzene rings is 1. The van der Waals surface area contributed by atoms with Crippen LogP contribution in [0.1, 0.15) is 31.2 Å². The van der Waals surface area contributed by atoms with Crippen molar-refractivity contribution < 1.29 is 4.74 Å². The standard InChI is InChI=1S/C15H24N2O/c1-13-12-14(6-7-15(13)16)18-11-10-17-8-4-2-3-5-9-17/h6-7,12H,2-5,8-11,16H2,1H3. The highest BCUT2D eigenvalue weighted by Gasteiger charge is 2.08. The van der Waals surface area contributed by atoms with Crippen molar-refractivity contribution in [3.05, 3.63) is 23.8 Å². The van der Waals surface area contributed by atoms with Crippen LogP contribution in [-0.2, 0) is 0 Å². The van der Waals surface area contributed by atoms with Gasteiger partial charge in [0.2, 0.25) is 0 Å². The average molecular weight is 248 g/mol. The number of nitrogens with zero attached hydrogens (tertiary/aromatic N) is 1. The van der Waals surface area contributed by atoms with Crippen LogP contribution < -0.4 is 10.5 Å². The van der Waals surface area contributed by atoms with Crippen molar-refractivity contribution in [2.45, 2.75) is 32.6 Å². The summed E-state index contributed by atoms with van der Waals surface area (Å²) < 4.78 is 5.79. The highest BCUT2D eigenvalue weighted by molar-refractivity contribution is 5.49. The Kier molecular flexibility index (Phi) is 4.88. The van der Waals surface area contributed by atoms with Gasteiger partial charge < -0.3 is 10.5 Å². The topological polar surface area (TPSA) is 38.5 Å². The maximum atomic E-state index is 5.79. The summed E-state index contributed by atoms with van der Waals surface area (Å²) in [7, 11) is 0. The van der Waals surface area contributed by atoms with Crippen LogP contribution >= 0.6 is 0 Å². The Morgan fingerprint density at radius 2 is 1.89 bits per heavy atom. The van der Waals surface area contributed by atoms with E-state index < -0.39 is 0 Å². The van der Waals surface area contributed by atoms with Gasteiger partial charge in [-0.15, -0.1) is 0 Å². The summed E-state index contributed by atoms with van der Waals surface area (Å²) in [6.07, 6.45) is 5.44. The summed E-state index contributed by atoms with van der Waals surface area (Å²) in [5, 5.41) is 0. The van der Waals surface area contributed by atoms with E-state index in [9.17, 15) is 0 Å². The predicted molar refractivity (Wildman–Crippen MR) is 76.0 cm³/mol. The molecule has 1 saturated heterocycles. The van der Waals surface area contributed by atoms with Crippen molar-refractivity contribution in [3.8, 4) is 5.75 Å². The molecule has 0 unspecified atom stereocenters. The number of hydrogen-bond donors (Lipinski definition) is 1. The Labute approximate surface area is 110 Å². The molecular formula is C15H24N2O. The number of nitrogens with two attached hydrogens (primary N) is 1. The molecule has 3 nitrogen and oxygen atoms in total. The maximum absolute atomic E-state index is 5.79. The summed E-state index contributed by atoms with van der Waals surface area (Å²) in [6, 6.07) is 5.87. The quantitative estimate of drug-likeness (QED) is 0.833. The van der Waals surface area contributed by atoms with E-state index in [4.69, 9.17) is 10.5 Å². The smallest absolute Gasteiger partial charge is 0.119 e. The second-order valence-electron chi connectivity index (χ2n) is 5.12. The second-order valence-corrected chi connectivity index (χ2v) is 5.12. The highest BCUT2D eigenvalue weighted by atomic mass is 16.5. The fourth-order valence-electron chi connectivity index (χ4n) is 2.39. The molecule has 2 N–H and O–H groups in total. The van der Waals surface area contributed by atoms with Crippen LogP contribution in [0.15, 0.2) is 18.2 Å². The number of likely N-dealkylation sites (tertiary alicyclic amines) is 1. The largest absolute Gasteiger partial charge is 0.492 e. The minimum Gasteiger partial charge on any atom is -0.492 e. The van der Waals surface area contributed by atoms with E-state index in [1.807, 2.05) is 25.1 Å². The van der Waals surface area contributed by atoms with Crippen molar-refractivity contribution in [1.82, 2.24) is 4.90 Å². The van der Waals surface area contributed by atoms with Crippen LogP contribution in [0.4, 0.5) is 5.69 Å². The van der Waals surface area contributed by atoms with Crippen LogP contribution in [0, 0.1) is 6.92 Å². The molecule has 2 rings (SSSR count). The molecule has 1 heterocycles. The lowest BCUT2D eigenvalue weighted by Gasteiger charge is -2.19. The molecule has 1 aromatic rings. The van der Waals surface area contributed by atoms with Crippen molar-refractivity contribution in [2.75, 3.05) is 32.0 Å². The van der Waals surface area contributed by atoms with Gasteiger partial charge in [0.25, 0.3) is 0 Å². The van der Waals surface area contributed by atoms with Gasteiger partial charge in [0.15, 0.2) is 0 Å². The zero-order chi connectivity index (χ0) is 12.8. The van der Waals surface area contributed by atoms with E-state index in [1.165, 1.54) is 38.8 Å². The third kappa shape index (κ3) is 3.91. The Morgan fingerprint density at radius 3 is 2.56 bits per heavy atom. The first-order chi connectivity index (χ1) is 8.75. The van der Waals surface area contributed by atoms with Crippen LogP contribution in [-0.4, -0.2) is 31.1 Å². The molecule has 0 radical (unpaired) electrons. The lowest BCUT2D eigenvalue weighted by Crippen LogP contribution is -2.29. The van der Waals surface area contributed by atoms with E-state index in [-0.39, 0.29) is 0 Å². The van der Waals surface area contributed by atoms with Crippen molar-refractivity contribution in [3.63, 3.8) is 0 Å². The Bertz CT molecular complexity index is 371. The summed E-state index contributed by atoms with van der Waals surface area (Å²) in [5.41, 5.74) is 7.70. The van der Waals surface area contributed by atoms with Crippen LogP contribution in [0.3, 0.4) is 0 Å². The van der Waals surface area contributed by atoms with E-state index in [2.05, 4.69) is 4.90 Å². The van der Waals surface area contributed by atoms with Crippen molar-refractivity contribution >= 4 is 5.69 Å². The molecule has 0 aliphatic carbocycles. The zero-order valence-electron chi connectivity index (χ0n) is 11.3. The van der Waals surface area contributed by atoms with Crippen LogP contribution in [0.5, 0.6) is 5.75 Å². The predicted octanol–water partition coefficient (Wildman–Crippen LogP) is 2.83. The van der Waals surface area contributed by atoms with Crippen molar-refractivity contribution in [1.29, 1.82) is 0 Å². The molecule has 1 aromatic carbocycles. The van der Waals surface area contributed by atoms with Crippen LogP contribution in [0.25, 0.3) is 0 Å². The molecule has 0 atom stereocenters. The average Bonchev–Trinajstić information content (AvgIpc) is 2.62. The van der Waals surface area contributed by atoms with Gasteiger partial charge in [0, 0.05) is 12.2 Å². The minimum atomic E-state index is 0.767. The first kappa shape index (κ1) is 13.2. The highest BCUT2D eigenvalue weighted by Crippen LogP contribution is 2.18. The Balaban J connectivity index is 1.75. The van der Waals surface area contributed by atoms with Gasteiger partial charge in [-0.05, 0) is 56.6 Å². The number of nitrogen functional groups attached to an aromatic ring is 1. The summed E-state index contributed by atoms with van der Waals surface area (Å²) in [6.45, 7) is 6.26. The first-order valence-corrected chi connectivity index (χ1v) is 6.97. The molecule has 1 aliphatic rings. The zero-order valence-corrected chi connectivity index (χ0v) is 11.3. The molecular weight excluding hydrogens is 224 g/mol. The number of rotatable bonds is 4. The van der Waals surface area contributed by atoms with Gasteiger partial charge in [0.1, 0.15) is 12.4 Å². The maximum Gasteiger partial charge on any atom is 0.119 e. The monoisotopic (exact) mass is 248 g/mol. The van der Waals surface area contributed by atoms with Crippen molar-refractivity contribution in [2.24, 2.45) is 0 Å². The van der Waals surface area contributed by atoms with E-state index >= 15 is 0 Å². The fourth-order valence-corrected chi connectivity index (χ4v) is 2.39. The molecule has 0 bridgehead atoms. The molecule has 0 aromatic heterocycles. The number of anilines is 1. The molecule has 0 spiro atoms. The third-order valence-corrected chi connectivity index (χ3v) is 3.62. The number of aryl methyl sites for hydroxylation is 1. The summed E-state index contributed by atoms with van der Waals surface area (Å²) in [5.74, 6) is 0.927. The van der Waals surface area contributed by atoms with E-state index in [1.54, 1.807) is 0 Å². The SMILES string of the molecule is Cc1cc(OCCN2CCCCCC2)ccc1N. The molecule has 0 saturated carbocycles. The normalized spacial score (nSPS) is 17.4. The minimum absolute atomic E-state index is 0.767. The molecule has 0 amide bonds. The lowest BCUT2D eigenvalue weighted by atomic mass is 10.2. The summed E-state index contributed by atoms with van der Waals surface area (Å²) in [4.78, 5) is 2.51. The Morgan fingerprint density at radius 1 is 1.17 bits per heavy atom. The number of hydrogen-bond acceptors (Lipinski definition) is 3. The third-order valence-electron chi connectivity index (χ3n) is 3.62. The van der Waals surface area contributed by atoms with Gasteiger partial charge in [0.05, 0.1) is 0 Å². The van der Waals surface area contributed by atoms with Gasteiger partial charge in [-0.2, -0.15) is 0 Å². The van der Waals surface area contributed by atoms with Gasteiger partial charge in [-0.3, -0.25) is 4.90 Å². The molecule has 18 heavy (non-hydrogen) atoms. The molecule has 100 valence electrons. The first-order valence-electron chi connectivity index (χ1n) is 6.97. The van der Waals surface area contributed by atoms with E-state index in [0.717, 1.165) is 30.2 Å². The van der Waals surface area contributed by atoms with Gasteiger partial charge in [-0.25, -0.2) is 0 Å². The van der Waals surface area contributed by atoms with Crippen LogP contribution in [0.2, 0.25) is 0 Å². The van der Waals surface area contributed by atoms with Gasteiger partial charge >= 0.3 is 0 Å². The lowest BCUT2D eigenvalue weighted by molar-refractivity contribution is 0.214. The fraction of sp³-hybridized carbons (Fsp3) is 0.600. The van der Waals surface area contributed by atoms with Gasteiger partial charge in [-0.1, -0.05) is 12.8 Å². The number of ether oxygens (including phenoxy) is 1. The van der Waals surface area contributed by atoms with E-state index in [0.29, 0.717) is 0 Å². The Hall–Kier alpha value is -1.22. The molecule has 3 heteroatoms. The summed E-state index contributed by atoms with van der Waals surface area (Å²) >= 11 is 0. The second kappa shape index (κ2) is 6.64.